The minimum atomic E-state index is 0.513. The largest absolute Gasteiger partial charge is 0.327 e. The van der Waals surface area contributed by atoms with E-state index in [2.05, 4.69) is 6.92 Å². The van der Waals surface area contributed by atoms with Gasteiger partial charge in [0.15, 0.2) is 0 Å². The van der Waals surface area contributed by atoms with Gasteiger partial charge in [-0.2, -0.15) is 0 Å². The second kappa shape index (κ2) is 5.58. The molecule has 0 heterocycles. The van der Waals surface area contributed by atoms with Crippen LogP contribution in [0.25, 0.3) is 0 Å². The van der Waals surface area contributed by atoms with Crippen LogP contribution in [0.15, 0.2) is 0 Å². The van der Waals surface area contributed by atoms with Gasteiger partial charge in [-0.25, -0.2) is 0 Å². The molecule has 1 unspecified atom stereocenters. The zero-order valence-corrected chi connectivity index (χ0v) is 8.39. The van der Waals surface area contributed by atoms with Crippen molar-refractivity contribution in [3.8, 4) is 0 Å². The van der Waals surface area contributed by atoms with E-state index >= 15 is 0 Å². The average Bonchev–Trinajstić information content (AvgIpc) is 2.56. The van der Waals surface area contributed by atoms with Gasteiger partial charge in [-0.1, -0.05) is 39.0 Å². The summed E-state index contributed by atoms with van der Waals surface area (Å²) in [6, 6.07) is 0.513. The fourth-order valence-corrected chi connectivity index (χ4v) is 2.25. The standard InChI is InChI=1S/C11H23N/c1-2-3-4-9-11(12)10-7-5-6-8-10/h10-11H,2-9,12H2,1H3. The summed E-state index contributed by atoms with van der Waals surface area (Å²) in [6.07, 6.45) is 10.9. The molecule has 12 heavy (non-hydrogen) atoms. The van der Waals surface area contributed by atoms with E-state index in [4.69, 9.17) is 5.73 Å². The summed E-state index contributed by atoms with van der Waals surface area (Å²) in [5, 5.41) is 0. The SMILES string of the molecule is CCCCCC(N)C1CCCC1. The molecule has 1 saturated carbocycles. The Morgan fingerprint density at radius 3 is 2.50 bits per heavy atom. The van der Waals surface area contributed by atoms with Crippen LogP contribution in [0, 0.1) is 5.92 Å². The summed E-state index contributed by atoms with van der Waals surface area (Å²) in [7, 11) is 0. The average molecular weight is 169 g/mol. The lowest BCUT2D eigenvalue weighted by Crippen LogP contribution is -2.28. The Labute approximate surface area is 76.7 Å². The number of hydrogen-bond donors (Lipinski definition) is 1. The van der Waals surface area contributed by atoms with Crippen LogP contribution in [0.3, 0.4) is 0 Å². The molecule has 0 saturated heterocycles. The fraction of sp³-hybridized carbons (Fsp3) is 1.00. The number of unbranched alkanes of at least 4 members (excludes halogenated alkanes) is 2. The summed E-state index contributed by atoms with van der Waals surface area (Å²) in [4.78, 5) is 0. The predicted molar refractivity (Wildman–Crippen MR) is 54.1 cm³/mol. The maximum absolute atomic E-state index is 6.12. The van der Waals surface area contributed by atoms with Crippen LogP contribution < -0.4 is 5.73 Å². The Morgan fingerprint density at radius 1 is 1.25 bits per heavy atom. The molecule has 0 aliphatic heterocycles. The molecule has 1 aliphatic carbocycles. The van der Waals surface area contributed by atoms with Crippen LogP contribution in [0.2, 0.25) is 0 Å². The lowest BCUT2D eigenvalue weighted by molar-refractivity contribution is 0.397. The van der Waals surface area contributed by atoms with Crippen molar-refractivity contribution in [1.29, 1.82) is 0 Å². The van der Waals surface area contributed by atoms with Gasteiger partial charge < -0.3 is 5.73 Å². The third-order valence-electron chi connectivity index (χ3n) is 3.15. The number of hydrogen-bond acceptors (Lipinski definition) is 1. The second-order valence-corrected chi connectivity index (χ2v) is 4.20. The van der Waals surface area contributed by atoms with E-state index in [1.165, 1.54) is 51.4 Å². The molecule has 0 bridgehead atoms. The van der Waals surface area contributed by atoms with Crippen molar-refractivity contribution in [2.75, 3.05) is 0 Å². The van der Waals surface area contributed by atoms with Crippen molar-refractivity contribution in [2.24, 2.45) is 11.7 Å². The molecular formula is C11H23N. The van der Waals surface area contributed by atoms with Gasteiger partial charge in [0.05, 0.1) is 0 Å². The van der Waals surface area contributed by atoms with Gasteiger partial charge in [0, 0.05) is 6.04 Å². The van der Waals surface area contributed by atoms with E-state index in [-0.39, 0.29) is 0 Å². The highest BCUT2D eigenvalue weighted by atomic mass is 14.6. The monoisotopic (exact) mass is 169 g/mol. The van der Waals surface area contributed by atoms with Crippen LogP contribution in [0.4, 0.5) is 0 Å². The molecule has 0 amide bonds. The van der Waals surface area contributed by atoms with Gasteiger partial charge in [-0.3, -0.25) is 0 Å². The van der Waals surface area contributed by atoms with Crippen molar-refractivity contribution < 1.29 is 0 Å². The summed E-state index contributed by atoms with van der Waals surface area (Å²) >= 11 is 0. The van der Waals surface area contributed by atoms with Crippen molar-refractivity contribution in [2.45, 2.75) is 64.3 Å². The van der Waals surface area contributed by atoms with E-state index in [9.17, 15) is 0 Å². The molecule has 0 aromatic carbocycles. The van der Waals surface area contributed by atoms with Crippen LogP contribution in [-0.2, 0) is 0 Å². The van der Waals surface area contributed by atoms with E-state index in [1.807, 2.05) is 0 Å². The maximum Gasteiger partial charge on any atom is 0.00671 e. The molecule has 0 aromatic heterocycles. The summed E-state index contributed by atoms with van der Waals surface area (Å²) in [5.74, 6) is 0.863. The lowest BCUT2D eigenvalue weighted by Gasteiger charge is -2.18. The van der Waals surface area contributed by atoms with E-state index in [0.29, 0.717) is 6.04 Å². The number of rotatable bonds is 5. The molecule has 1 atom stereocenters. The van der Waals surface area contributed by atoms with E-state index in [0.717, 1.165) is 5.92 Å². The van der Waals surface area contributed by atoms with Crippen molar-refractivity contribution in [3.63, 3.8) is 0 Å². The molecule has 0 spiro atoms. The van der Waals surface area contributed by atoms with Crippen molar-refractivity contribution in [1.82, 2.24) is 0 Å². The lowest BCUT2D eigenvalue weighted by atomic mass is 9.94. The van der Waals surface area contributed by atoms with Gasteiger partial charge in [0.25, 0.3) is 0 Å². The first-order chi connectivity index (χ1) is 5.84. The van der Waals surface area contributed by atoms with Gasteiger partial charge in [-0.15, -0.1) is 0 Å². The molecule has 0 aromatic rings. The summed E-state index contributed by atoms with van der Waals surface area (Å²) < 4.78 is 0. The molecule has 72 valence electrons. The molecule has 2 N–H and O–H groups in total. The molecule has 1 rings (SSSR count). The minimum absolute atomic E-state index is 0.513. The summed E-state index contributed by atoms with van der Waals surface area (Å²) in [5.41, 5.74) is 6.12. The topological polar surface area (TPSA) is 26.0 Å². The van der Waals surface area contributed by atoms with Gasteiger partial charge >= 0.3 is 0 Å². The second-order valence-electron chi connectivity index (χ2n) is 4.20. The Hall–Kier alpha value is -0.0400. The third kappa shape index (κ3) is 3.14. The fourth-order valence-electron chi connectivity index (χ4n) is 2.25. The van der Waals surface area contributed by atoms with Crippen molar-refractivity contribution in [3.05, 3.63) is 0 Å². The quantitative estimate of drug-likeness (QED) is 0.629. The minimum Gasteiger partial charge on any atom is -0.327 e. The first-order valence-electron chi connectivity index (χ1n) is 5.60. The van der Waals surface area contributed by atoms with E-state index < -0.39 is 0 Å². The van der Waals surface area contributed by atoms with Crippen LogP contribution in [0.1, 0.15) is 58.3 Å². The highest BCUT2D eigenvalue weighted by Gasteiger charge is 2.20. The van der Waals surface area contributed by atoms with Crippen LogP contribution >= 0.6 is 0 Å². The van der Waals surface area contributed by atoms with E-state index in [1.54, 1.807) is 0 Å². The van der Waals surface area contributed by atoms with Gasteiger partial charge in [0.2, 0.25) is 0 Å². The zero-order valence-electron chi connectivity index (χ0n) is 8.39. The Bertz CT molecular complexity index is 106. The predicted octanol–water partition coefficient (Wildman–Crippen LogP) is 3.08. The molecule has 1 nitrogen and oxygen atoms in total. The molecular weight excluding hydrogens is 146 g/mol. The Morgan fingerprint density at radius 2 is 1.92 bits per heavy atom. The molecule has 1 heteroatoms. The zero-order chi connectivity index (χ0) is 8.81. The van der Waals surface area contributed by atoms with Crippen LogP contribution in [-0.4, -0.2) is 6.04 Å². The van der Waals surface area contributed by atoms with Gasteiger partial charge in [-0.05, 0) is 25.2 Å². The Balaban J connectivity index is 2.05. The molecule has 1 fully saturated rings. The highest BCUT2D eigenvalue weighted by molar-refractivity contribution is 4.77. The Kier molecular flexibility index (Phi) is 4.67. The highest BCUT2D eigenvalue weighted by Crippen LogP contribution is 2.28. The normalized spacial score (nSPS) is 21.5. The number of nitrogens with two attached hydrogens (primary N) is 1. The van der Waals surface area contributed by atoms with Gasteiger partial charge in [0.1, 0.15) is 0 Å². The van der Waals surface area contributed by atoms with Crippen molar-refractivity contribution >= 4 is 0 Å². The first kappa shape index (κ1) is 10.0. The first-order valence-corrected chi connectivity index (χ1v) is 5.60. The third-order valence-corrected chi connectivity index (χ3v) is 3.15. The smallest absolute Gasteiger partial charge is 0.00671 e. The maximum atomic E-state index is 6.12. The summed E-state index contributed by atoms with van der Waals surface area (Å²) in [6.45, 7) is 2.25. The molecule has 1 aliphatic rings. The van der Waals surface area contributed by atoms with Crippen LogP contribution in [0.5, 0.6) is 0 Å². The molecule has 0 radical (unpaired) electrons.